The third-order valence-corrected chi connectivity index (χ3v) is 3.36. The highest BCUT2D eigenvalue weighted by Crippen LogP contribution is 2.22. The van der Waals surface area contributed by atoms with Gasteiger partial charge < -0.3 is 0 Å². The van der Waals surface area contributed by atoms with E-state index < -0.39 is 0 Å². The summed E-state index contributed by atoms with van der Waals surface area (Å²) in [6.07, 6.45) is 1.72. The van der Waals surface area contributed by atoms with Crippen molar-refractivity contribution in [3.05, 3.63) is 52.1 Å². The lowest BCUT2D eigenvalue weighted by Gasteiger charge is -2.06. The molecule has 0 aliphatic heterocycles. The molecule has 0 aliphatic carbocycles. The van der Waals surface area contributed by atoms with Crippen molar-refractivity contribution < 1.29 is 0 Å². The molecule has 0 atom stereocenters. The first-order valence-electron chi connectivity index (χ1n) is 6.61. The number of hydrogen-bond donors (Lipinski definition) is 1. The fourth-order valence-electron chi connectivity index (χ4n) is 2.30. The average Bonchev–Trinajstić information content (AvgIpc) is 2.85. The Labute approximate surface area is 116 Å². The summed E-state index contributed by atoms with van der Waals surface area (Å²) in [5, 5.41) is 11.9. The minimum atomic E-state index is -0.220. The molecule has 0 saturated heterocycles. The lowest BCUT2D eigenvalue weighted by molar-refractivity contribution is 0.790. The molecule has 0 radical (unpaired) electrons. The van der Waals surface area contributed by atoms with Crippen molar-refractivity contribution in [3.8, 4) is 5.69 Å². The first kappa shape index (κ1) is 12.6. The van der Waals surface area contributed by atoms with Gasteiger partial charge >= 0.3 is 0 Å². The quantitative estimate of drug-likeness (QED) is 0.776. The van der Waals surface area contributed by atoms with Crippen molar-refractivity contribution >= 4 is 10.9 Å². The van der Waals surface area contributed by atoms with Crippen LogP contribution in [0, 0.1) is 6.92 Å². The molecule has 0 spiro atoms. The van der Waals surface area contributed by atoms with Crippen LogP contribution in [0.5, 0.6) is 0 Å². The van der Waals surface area contributed by atoms with Crippen LogP contribution in [0.15, 0.2) is 35.3 Å². The van der Waals surface area contributed by atoms with Crippen molar-refractivity contribution in [3.63, 3.8) is 0 Å². The number of fused-ring (bicyclic) bond motifs is 1. The Morgan fingerprint density at radius 1 is 1.20 bits per heavy atom. The van der Waals surface area contributed by atoms with Gasteiger partial charge in [0.2, 0.25) is 0 Å². The Balaban J connectivity index is 2.31. The Morgan fingerprint density at radius 2 is 1.90 bits per heavy atom. The van der Waals surface area contributed by atoms with Gasteiger partial charge in [-0.3, -0.25) is 4.79 Å². The SMILES string of the molecule is Cc1ccc(-n2ncc3c(C(C)C)n[nH]c(=O)c32)cc1. The van der Waals surface area contributed by atoms with Crippen molar-refractivity contribution in [1.29, 1.82) is 0 Å². The summed E-state index contributed by atoms with van der Waals surface area (Å²) in [4.78, 5) is 12.1. The topological polar surface area (TPSA) is 63.6 Å². The fourth-order valence-corrected chi connectivity index (χ4v) is 2.30. The molecule has 3 rings (SSSR count). The molecule has 0 bridgehead atoms. The second-order valence-corrected chi connectivity index (χ2v) is 5.25. The maximum absolute atomic E-state index is 12.1. The molecular formula is C15H16N4O. The largest absolute Gasteiger partial charge is 0.290 e. The second-order valence-electron chi connectivity index (χ2n) is 5.25. The van der Waals surface area contributed by atoms with E-state index in [2.05, 4.69) is 15.3 Å². The predicted molar refractivity (Wildman–Crippen MR) is 78.3 cm³/mol. The van der Waals surface area contributed by atoms with Gasteiger partial charge in [0.05, 0.1) is 17.6 Å². The highest BCUT2D eigenvalue weighted by atomic mass is 16.1. The molecule has 3 aromatic rings. The van der Waals surface area contributed by atoms with Crippen LogP contribution < -0.4 is 5.56 Å². The molecule has 102 valence electrons. The third-order valence-electron chi connectivity index (χ3n) is 3.36. The van der Waals surface area contributed by atoms with Crippen LogP contribution in [0.4, 0.5) is 0 Å². The summed E-state index contributed by atoms with van der Waals surface area (Å²) in [5.41, 5.74) is 3.23. The monoisotopic (exact) mass is 268 g/mol. The van der Waals surface area contributed by atoms with E-state index in [1.807, 2.05) is 45.0 Å². The van der Waals surface area contributed by atoms with Crippen molar-refractivity contribution in [2.75, 3.05) is 0 Å². The smallest absolute Gasteiger partial charge is 0.266 e. The number of aromatic amines is 1. The highest BCUT2D eigenvalue weighted by Gasteiger charge is 2.15. The molecule has 0 aliphatic rings. The number of benzene rings is 1. The van der Waals surface area contributed by atoms with Crippen LogP contribution in [0.3, 0.4) is 0 Å². The van der Waals surface area contributed by atoms with Gasteiger partial charge in [0.25, 0.3) is 5.56 Å². The molecule has 2 aromatic heterocycles. The Hall–Kier alpha value is -2.43. The average molecular weight is 268 g/mol. The van der Waals surface area contributed by atoms with Gasteiger partial charge in [-0.15, -0.1) is 0 Å². The zero-order valence-corrected chi connectivity index (χ0v) is 11.7. The van der Waals surface area contributed by atoms with E-state index in [9.17, 15) is 4.79 Å². The Bertz CT molecular complexity index is 812. The van der Waals surface area contributed by atoms with Crippen LogP contribution in [-0.4, -0.2) is 20.0 Å². The van der Waals surface area contributed by atoms with E-state index in [0.29, 0.717) is 5.52 Å². The number of aromatic nitrogens is 4. The molecule has 5 heteroatoms. The van der Waals surface area contributed by atoms with Gasteiger partial charge in [0, 0.05) is 5.39 Å². The molecule has 0 fully saturated rings. The standard InChI is InChI=1S/C15H16N4O/c1-9(2)13-12-8-16-19(14(12)15(20)18-17-13)11-6-4-10(3)5-7-11/h4-9H,1-3H3,(H,18,20). The molecule has 20 heavy (non-hydrogen) atoms. The molecule has 1 N–H and O–H groups in total. The van der Waals surface area contributed by atoms with Gasteiger partial charge in [0.1, 0.15) is 5.52 Å². The zero-order chi connectivity index (χ0) is 14.3. The van der Waals surface area contributed by atoms with E-state index in [1.165, 1.54) is 5.56 Å². The van der Waals surface area contributed by atoms with Gasteiger partial charge in [-0.2, -0.15) is 10.2 Å². The van der Waals surface area contributed by atoms with Crippen molar-refractivity contribution in [2.45, 2.75) is 26.7 Å². The zero-order valence-electron chi connectivity index (χ0n) is 11.7. The molecule has 0 saturated carbocycles. The van der Waals surface area contributed by atoms with Crippen LogP contribution >= 0.6 is 0 Å². The summed E-state index contributed by atoms with van der Waals surface area (Å²) in [5.74, 6) is 0.227. The molecule has 0 amide bonds. The number of rotatable bonds is 2. The minimum absolute atomic E-state index is 0.220. The number of nitrogens with one attached hydrogen (secondary N) is 1. The first-order valence-corrected chi connectivity index (χ1v) is 6.61. The van der Waals surface area contributed by atoms with E-state index in [-0.39, 0.29) is 11.5 Å². The van der Waals surface area contributed by atoms with Crippen LogP contribution in [0.2, 0.25) is 0 Å². The number of aryl methyl sites for hydroxylation is 1. The van der Waals surface area contributed by atoms with Crippen molar-refractivity contribution in [1.82, 2.24) is 20.0 Å². The Kier molecular flexibility index (Phi) is 2.89. The second kappa shape index (κ2) is 4.59. The fraction of sp³-hybridized carbons (Fsp3) is 0.267. The van der Waals surface area contributed by atoms with Gasteiger partial charge in [0.15, 0.2) is 0 Å². The lowest BCUT2D eigenvalue weighted by atomic mass is 10.1. The maximum atomic E-state index is 12.1. The maximum Gasteiger partial charge on any atom is 0.290 e. The van der Waals surface area contributed by atoms with Crippen LogP contribution in [0.25, 0.3) is 16.6 Å². The van der Waals surface area contributed by atoms with Crippen LogP contribution in [0.1, 0.15) is 31.0 Å². The van der Waals surface area contributed by atoms with E-state index >= 15 is 0 Å². The van der Waals surface area contributed by atoms with E-state index in [4.69, 9.17) is 0 Å². The summed E-state index contributed by atoms with van der Waals surface area (Å²) in [6.45, 7) is 6.12. The summed E-state index contributed by atoms with van der Waals surface area (Å²) < 4.78 is 1.67. The number of H-pyrrole nitrogens is 1. The number of hydrogen-bond acceptors (Lipinski definition) is 3. The van der Waals surface area contributed by atoms with Gasteiger partial charge in [-0.1, -0.05) is 31.5 Å². The molecule has 2 heterocycles. The summed E-state index contributed by atoms with van der Waals surface area (Å²) in [6, 6.07) is 7.91. The van der Waals surface area contributed by atoms with Gasteiger partial charge in [-0.25, -0.2) is 9.78 Å². The highest BCUT2D eigenvalue weighted by molar-refractivity contribution is 5.81. The van der Waals surface area contributed by atoms with Crippen molar-refractivity contribution in [2.24, 2.45) is 0 Å². The molecule has 1 aromatic carbocycles. The number of nitrogens with zero attached hydrogens (tertiary/aromatic N) is 3. The molecule has 5 nitrogen and oxygen atoms in total. The van der Waals surface area contributed by atoms with Gasteiger partial charge in [-0.05, 0) is 25.0 Å². The normalized spacial score (nSPS) is 11.4. The summed E-state index contributed by atoms with van der Waals surface area (Å²) in [7, 11) is 0. The summed E-state index contributed by atoms with van der Waals surface area (Å²) >= 11 is 0. The third kappa shape index (κ3) is 1.91. The minimum Gasteiger partial charge on any atom is -0.266 e. The molecular weight excluding hydrogens is 252 g/mol. The van der Waals surface area contributed by atoms with Crippen LogP contribution in [-0.2, 0) is 0 Å². The first-order chi connectivity index (χ1) is 9.58. The lowest BCUT2D eigenvalue weighted by Crippen LogP contribution is -2.14. The molecule has 0 unspecified atom stereocenters. The van der Waals surface area contributed by atoms with E-state index in [1.54, 1.807) is 10.9 Å². The van der Waals surface area contributed by atoms with E-state index in [0.717, 1.165) is 16.8 Å². The Morgan fingerprint density at radius 3 is 2.55 bits per heavy atom. The predicted octanol–water partition coefficient (Wildman–Crippen LogP) is 2.54.